The van der Waals surface area contributed by atoms with Crippen molar-refractivity contribution in [1.82, 2.24) is 14.3 Å². The van der Waals surface area contributed by atoms with E-state index in [0.717, 1.165) is 12.1 Å². The van der Waals surface area contributed by atoms with Crippen molar-refractivity contribution in [3.8, 4) is 11.5 Å². The summed E-state index contributed by atoms with van der Waals surface area (Å²) in [6.07, 6.45) is 3.14. The fourth-order valence-corrected chi connectivity index (χ4v) is 5.18. The van der Waals surface area contributed by atoms with Crippen LogP contribution in [0, 0.1) is 5.82 Å². The zero-order valence-corrected chi connectivity index (χ0v) is 18.7. The third-order valence-electron chi connectivity index (χ3n) is 5.46. The van der Waals surface area contributed by atoms with E-state index in [1.165, 1.54) is 16.4 Å². The lowest BCUT2D eigenvalue weighted by molar-refractivity contribution is 0.172. The molecule has 0 atom stereocenters. The van der Waals surface area contributed by atoms with Crippen molar-refractivity contribution in [2.45, 2.75) is 18.0 Å². The summed E-state index contributed by atoms with van der Waals surface area (Å²) in [7, 11) is -4.06. The quantitative estimate of drug-likeness (QED) is 0.454. The number of aromatic nitrogens is 2. The Balaban J connectivity index is 1.55. The smallest absolute Gasteiger partial charge is 0.252 e. The van der Waals surface area contributed by atoms with Gasteiger partial charge in [-0.25, -0.2) is 12.8 Å². The van der Waals surface area contributed by atoms with Gasteiger partial charge in [0.2, 0.25) is 10.0 Å². The summed E-state index contributed by atoms with van der Waals surface area (Å²) >= 11 is 0. The van der Waals surface area contributed by atoms with Crippen molar-refractivity contribution < 1.29 is 22.3 Å². The molecule has 3 heterocycles. The molecule has 34 heavy (non-hydrogen) atoms. The van der Waals surface area contributed by atoms with Crippen molar-refractivity contribution in [1.29, 1.82) is 0 Å². The third kappa shape index (κ3) is 4.37. The SMILES string of the molecule is O=c1[nH]c2cc3c(cc2cc1CN(Cc1cccnc1)S(=O)(=O)c1ccc(F)cc1)OCCO3. The van der Waals surface area contributed by atoms with Crippen molar-refractivity contribution >= 4 is 20.9 Å². The van der Waals surface area contributed by atoms with Crippen LogP contribution in [0.4, 0.5) is 4.39 Å². The van der Waals surface area contributed by atoms with E-state index in [9.17, 15) is 17.6 Å². The highest BCUT2D eigenvalue weighted by atomic mass is 32.2. The van der Waals surface area contributed by atoms with E-state index in [4.69, 9.17) is 9.47 Å². The van der Waals surface area contributed by atoms with Crippen molar-refractivity contribution in [2.75, 3.05) is 13.2 Å². The molecule has 0 saturated heterocycles. The van der Waals surface area contributed by atoms with Gasteiger partial charge in [-0.1, -0.05) is 6.07 Å². The molecule has 1 aliphatic heterocycles. The Morgan fingerprint density at radius 3 is 2.44 bits per heavy atom. The number of hydrogen-bond donors (Lipinski definition) is 1. The average Bonchev–Trinajstić information content (AvgIpc) is 2.84. The van der Waals surface area contributed by atoms with Crippen LogP contribution in [-0.2, 0) is 23.1 Å². The molecule has 5 rings (SSSR count). The Hall–Kier alpha value is -3.76. The lowest BCUT2D eigenvalue weighted by Crippen LogP contribution is -2.32. The number of fused-ring (bicyclic) bond motifs is 2. The molecule has 2 aromatic heterocycles. The molecular weight excluding hydrogens is 461 g/mol. The number of H-pyrrole nitrogens is 1. The van der Waals surface area contributed by atoms with E-state index in [2.05, 4.69) is 9.97 Å². The lowest BCUT2D eigenvalue weighted by atomic mass is 10.1. The Bertz CT molecular complexity index is 1510. The van der Waals surface area contributed by atoms with E-state index >= 15 is 0 Å². The van der Waals surface area contributed by atoms with Gasteiger partial charge in [-0.3, -0.25) is 9.78 Å². The number of ether oxygens (including phenoxy) is 2. The van der Waals surface area contributed by atoms with Crippen LogP contribution in [0.25, 0.3) is 10.9 Å². The minimum absolute atomic E-state index is 0.0217. The van der Waals surface area contributed by atoms with Gasteiger partial charge < -0.3 is 14.5 Å². The zero-order chi connectivity index (χ0) is 23.7. The van der Waals surface area contributed by atoms with E-state index in [0.29, 0.717) is 41.2 Å². The average molecular weight is 482 g/mol. The van der Waals surface area contributed by atoms with Crippen LogP contribution in [0.3, 0.4) is 0 Å². The maximum atomic E-state index is 13.5. The van der Waals surface area contributed by atoms with Gasteiger partial charge in [0.1, 0.15) is 19.0 Å². The molecule has 0 fully saturated rings. The minimum Gasteiger partial charge on any atom is -0.486 e. The largest absolute Gasteiger partial charge is 0.486 e. The molecule has 1 N–H and O–H groups in total. The molecular formula is C24H20FN3O5S. The van der Waals surface area contributed by atoms with Crippen molar-refractivity contribution in [2.24, 2.45) is 0 Å². The van der Waals surface area contributed by atoms with Gasteiger partial charge in [0, 0.05) is 42.5 Å². The maximum Gasteiger partial charge on any atom is 0.252 e. The first kappa shape index (κ1) is 22.1. The standard InChI is InChI=1S/C24H20FN3O5S/c25-19-3-5-20(6-4-19)34(30,31)28(14-16-2-1-7-26-13-16)15-18-10-17-11-22-23(33-9-8-32-22)12-21(17)27-24(18)29/h1-7,10-13H,8-9,14-15H2,(H,27,29). The molecule has 0 spiro atoms. The molecule has 8 nitrogen and oxygen atoms in total. The Morgan fingerprint density at radius 1 is 1.00 bits per heavy atom. The second-order valence-corrected chi connectivity index (χ2v) is 9.73. The maximum absolute atomic E-state index is 13.5. The predicted molar refractivity (Wildman–Crippen MR) is 123 cm³/mol. The second kappa shape index (κ2) is 8.88. The third-order valence-corrected chi connectivity index (χ3v) is 7.27. The number of rotatable bonds is 6. The number of nitrogens with zero attached hydrogens (tertiary/aromatic N) is 2. The van der Waals surface area contributed by atoms with Gasteiger partial charge in [-0.05, 0) is 48.0 Å². The van der Waals surface area contributed by atoms with Gasteiger partial charge in [0.25, 0.3) is 5.56 Å². The predicted octanol–water partition coefficient (Wildman–Crippen LogP) is 3.22. The van der Waals surface area contributed by atoms with E-state index in [-0.39, 0.29) is 23.5 Å². The molecule has 0 radical (unpaired) electrons. The van der Waals surface area contributed by atoms with Gasteiger partial charge in [0.15, 0.2) is 11.5 Å². The minimum atomic E-state index is -4.06. The Kier molecular flexibility index (Phi) is 5.76. The fraction of sp³-hybridized carbons (Fsp3) is 0.167. The molecule has 0 aliphatic carbocycles. The summed E-state index contributed by atoms with van der Waals surface area (Å²) < 4.78 is 52.7. The topological polar surface area (TPSA) is 102 Å². The van der Waals surface area contributed by atoms with Crippen LogP contribution in [0.1, 0.15) is 11.1 Å². The molecule has 2 aromatic carbocycles. The second-order valence-electron chi connectivity index (χ2n) is 7.80. The molecule has 1 aliphatic rings. The molecule has 4 aromatic rings. The fourth-order valence-electron chi connectivity index (χ4n) is 3.77. The monoisotopic (exact) mass is 481 g/mol. The summed E-state index contributed by atoms with van der Waals surface area (Å²) in [5, 5.41) is 0.680. The summed E-state index contributed by atoms with van der Waals surface area (Å²) in [6, 6.07) is 13.1. The number of hydrogen-bond acceptors (Lipinski definition) is 6. The number of benzene rings is 2. The van der Waals surface area contributed by atoms with Crippen LogP contribution < -0.4 is 15.0 Å². The number of halogens is 1. The normalized spacial score (nSPS) is 13.4. The number of pyridine rings is 2. The molecule has 174 valence electrons. The first-order valence-corrected chi connectivity index (χ1v) is 11.9. The lowest BCUT2D eigenvalue weighted by Gasteiger charge is -2.23. The summed E-state index contributed by atoms with van der Waals surface area (Å²) in [4.78, 5) is 19.7. The highest BCUT2D eigenvalue weighted by molar-refractivity contribution is 7.89. The summed E-state index contributed by atoms with van der Waals surface area (Å²) in [6.45, 7) is 0.620. The number of aromatic amines is 1. The zero-order valence-electron chi connectivity index (χ0n) is 17.9. The molecule has 10 heteroatoms. The summed E-state index contributed by atoms with van der Waals surface area (Å²) in [5.41, 5.74) is 1.02. The van der Waals surface area contributed by atoms with E-state index in [1.807, 2.05) is 0 Å². The van der Waals surface area contributed by atoms with Crippen LogP contribution in [0.2, 0.25) is 0 Å². The first-order chi connectivity index (χ1) is 16.4. The Labute approximate surface area is 194 Å². The first-order valence-electron chi connectivity index (χ1n) is 10.5. The van der Waals surface area contributed by atoms with Gasteiger partial charge in [0.05, 0.1) is 10.4 Å². The molecule has 0 bridgehead atoms. The van der Waals surface area contributed by atoms with Crippen molar-refractivity contribution in [3.63, 3.8) is 0 Å². The summed E-state index contributed by atoms with van der Waals surface area (Å²) in [5.74, 6) is 0.556. The van der Waals surface area contributed by atoms with Gasteiger partial charge in [-0.2, -0.15) is 4.31 Å². The highest BCUT2D eigenvalue weighted by Crippen LogP contribution is 2.34. The molecule has 0 amide bonds. The van der Waals surface area contributed by atoms with Crippen molar-refractivity contribution in [3.05, 3.63) is 94.3 Å². The number of nitrogens with one attached hydrogen (secondary N) is 1. The van der Waals surface area contributed by atoms with Crippen LogP contribution >= 0.6 is 0 Å². The van der Waals surface area contributed by atoms with Gasteiger partial charge >= 0.3 is 0 Å². The van der Waals surface area contributed by atoms with Crippen LogP contribution in [0.15, 0.2) is 76.7 Å². The van der Waals surface area contributed by atoms with Gasteiger partial charge in [-0.15, -0.1) is 0 Å². The van der Waals surface area contributed by atoms with E-state index < -0.39 is 21.4 Å². The number of sulfonamides is 1. The van der Waals surface area contributed by atoms with Crippen LogP contribution in [0.5, 0.6) is 11.5 Å². The Morgan fingerprint density at radius 2 is 1.74 bits per heavy atom. The molecule has 0 unspecified atom stereocenters. The highest BCUT2D eigenvalue weighted by Gasteiger charge is 2.26. The van der Waals surface area contributed by atoms with E-state index in [1.54, 1.807) is 42.7 Å². The van der Waals surface area contributed by atoms with Crippen LogP contribution in [-0.4, -0.2) is 35.9 Å². The molecule has 0 saturated carbocycles.